The highest BCUT2D eigenvalue weighted by atomic mass is 32.1. The van der Waals surface area contributed by atoms with E-state index < -0.39 is 0 Å². The van der Waals surface area contributed by atoms with E-state index >= 15 is 0 Å². The van der Waals surface area contributed by atoms with Gasteiger partial charge in [0.1, 0.15) is 5.82 Å². The molecule has 2 amide bonds. The number of fused-ring (bicyclic) bond motifs is 3. The van der Waals surface area contributed by atoms with Gasteiger partial charge in [0.2, 0.25) is 0 Å². The molecule has 3 saturated heterocycles. The molecule has 0 radical (unpaired) electrons. The number of carbonyl (C=O) groups is 2. The average molecular weight is 610 g/mol. The molecular weight excluding hydrogens is 570 g/mol. The summed E-state index contributed by atoms with van der Waals surface area (Å²) in [6, 6.07) is 18.8. The molecule has 2 unspecified atom stereocenters. The fourth-order valence-corrected chi connectivity index (χ4v) is 7.67. The standard InChI is InChI=1S/C34H39N7O2S/c1-22(23-3-7-27(8-4-23)40-15-13-39(2)14-16-40)37-34(43)25-6-12-32(35-20-25)41-28-9-10-29(41)19-26(18-28)38-33(42)24-5-11-31-30(17-24)36-21-44-31/h3-8,11-12,17,20-22,26,28-29H,9-10,13-16,18-19H2,1-2H3,(H,37,43)(H,38,42)/t22-,26?,28?,29?/m0/s1. The molecule has 44 heavy (non-hydrogen) atoms. The van der Waals surface area contributed by atoms with Crippen molar-refractivity contribution >= 4 is 44.9 Å². The number of hydrogen-bond acceptors (Lipinski definition) is 8. The predicted molar refractivity (Wildman–Crippen MR) is 176 cm³/mol. The topological polar surface area (TPSA) is 93.7 Å². The first-order chi connectivity index (χ1) is 21.4. The largest absolute Gasteiger partial charge is 0.369 e. The number of benzene rings is 2. The highest BCUT2D eigenvalue weighted by molar-refractivity contribution is 7.16. The summed E-state index contributed by atoms with van der Waals surface area (Å²) in [7, 11) is 2.16. The van der Waals surface area contributed by atoms with Crippen LogP contribution in [0, 0.1) is 0 Å². The van der Waals surface area contributed by atoms with Crippen LogP contribution in [0.3, 0.4) is 0 Å². The molecule has 3 aliphatic heterocycles. The van der Waals surface area contributed by atoms with E-state index in [2.05, 4.69) is 61.6 Å². The molecule has 7 rings (SSSR count). The van der Waals surface area contributed by atoms with Crippen molar-refractivity contribution in [3.8, 4) is 0 Å². The molecule has 10 heteroatoms. The van der Waals surface area contributed by atoms with E-state index in [0.717, 1.165) is 73.5 Å². The summed E-state index contributed by atoms with van der Waals surface area (Å²) >= 11 is 1.58. The number of rotatable bonds is 7. The summed E-state index contributed by atoms with van der Waals surface area (Å²) < 4.78 is 1.09. The Balaban J connectivity index is 0.937. The number of anilines is 2. The van der Waals surface area contributed by atoms with Gasteiger partial charge in [-0.15, -0.1) is 11.3 Å². The Kier molecular flexibility index (Phi) is 7.95. The van der Waals surface area contributed by atoms with Crippen molar-refractivity contribution in [3.05, 3.63) is 83.0 Å². The highest BCUT2D eigenvalue weighted by Crippen LogP contribution is 2.38. The number of pyridine rings is 1. The van der Waals surface area contributed by atoms with Crippen LogP contribution in [0.2, 0.25) is 0 Å². The van der Waals surface area contributed by atoms with Gasteiger partial charge in [0, 0.05) is 61.8 Å². The minimum absolute atomic E-state index is 0.0357. The van der Waals surface area contributed by atoms with Crippen LogP contribution in [0.1, 0.15) is 64.9 Å². The number of carbonyl (C=O) groups excluding carboxylic acids is 2. The van der Waals surface area contributed by atoms with Crippen molar-refractivity contribution in [1.29, 1.82) is 0 Å². The second-order valence-electron chi connectivity index (χ2n) is 12.5. The van der Waals surface area contributed by atoms with E-state index in [1.54, 1.807) is 17.5 Å². The molecule has 0 spiro atoms. The molecule has 2 bridgehead atoms. The summed E-state index contributed by atoms with van der Waals surface area (Å²) in [4.78, 5) is 42.4. The van der Waals surface area contributed by atoms with Crippen LogP contribution in [0.25, 0.3) is 10.2 Å². The lowest BCUT2D eigenvalue weighted by Gasteiger charge is -2.40. The van der Waals surface area contributed by atoms with Crippen LogP contribution in [0.4, 0.5) is 11.5 Å². The fraction of sp³-hybridized carbons (Fsp3) is 0.412. The van der Waals surface area contributed by atoms with Crippen molar-refractivity contribution in [2.24, 2.45) is 0 Å². The summed E-state index contributed by atoms with van der Waals surface area (Å²) in [5.74, 6) is 0.742. The van der Waals surface area contributed by atoms with Gasteiger partial charge in [-0.05, 0) is 87.7 Å². The number of likely N-dealkylation sites (N-methyl/N-ethyl adjacent to an activating group) is 1. The summed E-state index contributed by atoms with van der Waals surface area (Å²) in [6.45, 7) is 6.23. The van der Waals surface area contributed by atoms with Crippen molar-refractivity contribution in [1.82, 2.24) is 25.5 Å². The quantitative estimate of drug-likeness (QED) is 0.309. The van der Waals surface area contributed by atoms with Crippen LogP contribution >= 0.6 is 11.3 Å². The van der Waals surface area contributed by atoms with Crippen LogP contribution < -0.4 is 20.4 Å². The number of nitrogens with zero attached hydrogens (tertiary/aromatic N) is 5. The Morgan fingerprint density at radius 1 is 0.886 bits per heavy atom. The smallest absolute Gasteiger partial charge is 0.253 e. The number of hydrogen-bond donors (Lipinski definition) is 2. The number of aromatic nitrogens is 2. The van der Waals surface area contributed by atoms with E-state index in [0.29, 0.717) is 23.2 Å². The van der Waals surface area contributed by atoms with Crippen LogP contribution in [-0.2, 0) is 0 Å². The first-order valence-corrected chi connectivity index (χ1v) is 16.5. The molecule has 4 aromatic rings. The summed E-state index contributed by atoms with van der Waals surface area (Å²) in [5, 5.41) is 6.41. The molecule has 2 aromatic carbocycles. The van der Waals surface area contributed by atoms with E-state index in [1.807, 2.05) is 42.8 Å². The minimum atomic E-state index is -0.125. The molecule has 228 valence electrons. The van der Waals surface area contributed by atoms with Gasteiger partial charge in [-0.1, -0.05) is 12.1 Å². The normalized spacial score (nSPS) is 22.6. The first-order valence-electron chi connectivity index (χ1n) is 15.6. The van der Waals surface area contributed by atoms with Crippen LogP contribution in [0.5, 0.6) is 0 Å². The van der Waals surface area contributed by atoms with E-state index in [9.17, 15) is 9.59 Å². The lowest BCUT2D eigenvalue weighted by Crippen LogP contribution is -2.50. The molecular formula is C34H39N7O2S. The summed E-state index contributed by atoms with van der Waals surface area (Å²) in [6.07, 6.45) is 5.62. The maximum Gasteiger partial charge on any atom is 0.253 e. The highest BCUT2D eigenvalue weighted by Gasteiger charge is 2.41. The van der Waals surface area contributed by atoms with Crippen molar-refractivity contribution in [2.75, 3.05) is 43.0 Å². The maximum absolute atomic E-state index is 13.1. The third-order valence-corrected chi connectivity index (χ3v) is 10.4. The van der Waals surface area contributed by atoms with Gasteiger partial charge in [0.25, 0.3) is 11.8 Å². The van der Waals surface area contributed by atoms with Crippen LogP contribution in [0.15, 0.2) is 66.3 Å². The lowest BCUT2D eigenvalue weighted by molar-refractivity contribution is 0.0923. The minimum Gasteiger partial charge on any atom is -0.369 e. The monoisotopic (exact) mass is 609 g/mol. The average Bonchev–Trinajstić information content (AvgIpc) is 3.62. The van der Waals surface area contributed by atoms with E-state index in [1.165, 1.54) is 5.69 Å². The Morgan fingerprint density at radius 3 is 2.32 bits per heavy atom. The van der Waals surface area contributed by atoms with Gasteiger partial charge in [0.05, 0.1) is 27.3 Å². The third-order valence-electron chi connectivity index (χ3n) is 9.54. The number of piperidine rings is 1. The molecule has 3 fully saturated rings. The van der Waals surface area contributed by atoms with Gasteiger partial charge in [-0.25, -0.2) is 9.97 Å². The zero-order valence-electron chi connectivity index (χ0n) is 25.3. The zero-order chi connectivity index (χ0) is 30.2. The van der Waals surface area contributed by atoms with Crippen molar-refractivity contribution in [3.63, 3.8) is 0 Å². The van der Waals surface area contributed by atoms with Gasteiger partial charge < -0.3 is 25.3 Å². The fourth-order valence-electron chi connectivity index (χ4n) is 7.01. The molecule has 9 nitrogen and oxygen atoms in total. The van der Waals surface area contributed by atoms with E-state index in [-0.39, 0.29) is 23.9 Å². The van der Waals surface area contributed by atoms with Gasteiger partial charge in [-0.3, -0.25) is 9.59 Å². The second kappa shape index (κ2) is 12.2. The molecule has 0 saturated carbocycles. The molecule has 2 N–H and O–H groups in total. The summed E-state index contributed by atoms with van der Waals surface area (Å²) in [5.41, 5.74) is 6.20. The number of nitrogens with one attached hydrogen (secondary N) is 2. The Bertz CT molecular complexity index is 1620. The Hall–Kier alpha value is -4.02. The number of thiazole rings is 1. The van der Waals surface area contributed by atoms with E-state index in [4.69, 9.17) is 4.98 Å². The lowest BCUT2D eigenvalue weighted by atomic mass is 9.96. The zero-order valence-corrected chi connectivity index (χ0v) is 26.1. The molecule has 2 aromatic heterocycles. The molecule has 3 aliphatic rings. The molecule has 5 heterocycles. The van der Waals surface area contributed by atoms with Gasteiger partial charge in [-0.2, -0.15) is 0 Å². The number of piperazine rings is 1. The third kappa shape index (κ3) is 5.88. The van der Waals surface area contributed by atoms with Crippen molar-refractivity contribution in [2.45, 2.75) is 56.8 Å². The SMILES string of the molecule is C[C@H](NC(=O)c1ccc(N2C3CCC2CC(NC(=O)c2ccc4scnc4c2)C3)nc1)c1ccc(N2CCN(C)CC2)cc1. The second-order valence-corrected chi connectivity index (χ2v) is 13.3. The first kappa shape index (κ1) is 28.7. The van der Waals surface area contributed by atoms with Crippen molar-refractivity contribution < 1.29 is 9.59 Å². The predicted octanol–water partition coefficient (Wildman–Crippen LogP) is 4.86. The van der Waals surface area contributed by atoms with Gasteiger partial charge in [0.15, 0.2) is 0 Å². The Labute approximate surface area is 262 Å². The molecule has 0 aliphatic carbocycles. The maximum atomic E-state index is 13.1. The van der Waals surface area contributed by atoms with Gasteiger partial charge >= 0.3 is 0 Å². The van der Waals surface area contributed by atoms with Crippen LogP contribution in [-0.4, -0.2) is 78.0 Å². The number of amides is 2. The Morgan fingerprint density at radius 2 is 1.61 bits per heavy atom. The molecule has 3 atom stereocenters.